The van der Waals surface area contributed by atoms with Crippen LogP contribution in [0.25, 0.3) is 0 Å². The highest BCUT2D eigenvalue weighted by atomic mass is 35.5. The molecule has 3 atom stereocenters. The molecule has 3 unspecified atom stereocenters. The van der Waals surface area contributed by atoms with E-state index in [1.54, 1.807) is 11.3 Å². The highest BCUT2D eigenvalue weighted by molar-refractivity contribution is 7.09. The third kappa shape index (κ3) is 5.74. The van der Waals surface area contributed by atoms with Gasteiger partial charge in [-0.05, 0) is 18.9 Å². The van der Waals surface area contributed by atoms with Crippen LogP contribution in [0.3, 0.4) is 0 Å². The molecule has 0 aliphatic carbocycles. The van der Waals surface area contributed by atoms with Gasteiger partial charge in [-0.2, -0.15) is 0 Å². The Balaban J connectivity index is 0.00000264. The van der Waals surface area contributed by atoms with Crippen LogP contribution in [-0.2, 0) is 11.2 Å². The Bertz CT molecular complexity index is 621. The molecule has 0 saturated heterocycles. The molecule has 1 aromatic carbocycles. The van der Waals surface area contributed by atoms with Crippen LogP contribution in [0.2, 0.25) is 0 Å². The number of hydrogen-bond donors (Lipinski definition) is 2. The molecule has 0 aliphatic rings. The van der Waals surface area contributed by atoms with E-state index in [-0.39, 0.29) is 48.7 Å². The van der Waals surface area contributed by atoms with Crippen molar-refractivity contribution in [3.05, 3.63) is 52.0 Å². The summed E-state index contributed by atoms with van der Waals surface area (Å²) in [6.45, 7) is 5.89. The van der Waals surface area contributed by atoms with Gasteiger partial charge in [0.05, 0.1) is 22.7 Å². The number of benzene rings is 1. The second-order valence-corrected chi connectivity index (χ2v) is 6.42. The molecule has 7 heteroatoms. The van der Waals surface area contributed by atoms with Gasteiger partial charge in [0.2, 0.25) is 5.91 Å². The van der Waals surface area contributed by atoms with Gasteiger partial charge >= 0.3 is 0 Å². The van der Waals surface area contributed by atoms with Crippen LogP contribution in [0.5, 0.6) is 0 Å². The van der Waals surface area contributed by atoms with Gasteiger partial charge in [0, 0.05) is 11.4 Å². The van der Waals surface area contributed by atoms with Crippen LogP contribution in [0, 0.1) is 5.92 Å². The number of hydrogen-bond acceptors (Lipinski definition) is 4. The minimum absolute atomic E-state index is 0. The highest BCUT2D eigenvalue weighted by Gasteiger charge is 2.24. The molecule has 0 spiro atoms. The standard InChI is InChI=1S/C17H23N3OS.2ClH/c1-4-15-20-14(10-22-15)12(3)19-17(21)11(2)16(18)13-8-6-5-7-9-13;;/h5-12,16H,4,18H2,1-3H3,(H,19,21);2*1H. The number of nitrogens with zero attached hydrogens (tertiary/aromatic N) is 1. The second-order valence-electron chi connectivity index (χ2n) is 5.48. The molecule has 24 heavy (non-hydrogen) atoms. The van der Waals surface area contributed by atoms with Crippen molar-refractivity contribution < 1.29 is 4.79 Å². The Kier molecular flexibility index (Phi) is 10.2. The number of carbonyl (C=O) groups is 1. The summed E-state index contributed by atoms with van der Waals surface area (Å²) in [5.74, 6) is -0.343. The van der Waals surface area contributed by atoms with E-state index in [4.69, 9.17) is 5.73 Å². The summed E-state index contributed by atoms with van der Waals surface area (Å²) in [6.07, 6.45) is 0.917. The van der Waals surface area contributed by atoms with Crippen molar-refractivity contribution in [3.8, 4) is 0 Å². The molecule has 0 aliphatic heterocycles. The molecule has 3 N–H and O–H groups in total. The maximum Gasteiger partial charge on any atom is 0.225 e. The van der Waals surface area contributed by atoms with E-state index >= 15 is 0 Å². The fourth-order valence-electron chi connectivity index (χ4n) is 2.23. The predicted octanol–water partition coefficient (Wildman–Crippen LogP) is 4.06. The van der Waals surface area contributed by atoms with Crippen LogP contribution in [0.1, 0.15) is 49.1 Å². The van der Waals surface area contributed by atoms with Crippen molar-refractivity contribution in [2.45, 2.75) is 39.3 Å². The van der Waals surface area contributed by atoms with Crippen LogP contribution in [0.15, 0.2) is 35.7 Å². The Morgan fingerprint density at radius 1 is 1.25 bits per heavy atom. The van der Waals surface area contributed by atoms with Crippen LogP contribution < -0.4 is 11.1 Å². The SMILES string of the molecule is CCc1nc(C(C)NC(=O)C(C)C(N)c2ccccc2)cs1.Cl.Cl. The number of nitrogens with one attached hydrogen (secondary N) is 1. The molecular formula is C17H25Cl2N3OS. The lowest BCUT2D eigenvalue weighted by Gasteiger charge is -2.21. The van der Waals surface area contributed by atoms with Crippen molar-refractivity contribution in [2.24, 2.45) is 11.7 Å². The predicted molar refractivity (Wildman–Crippen MR) is 105 cm³/mol. The minimum atomic E-state index is -0.310. The lowest BCUT2D eigenvalue weighted by atomic mass is 9.94. The monoisotopic (exact) mass is 389 g/mol. The van der Waals surface area contributed by atoms with E-state index in [0.717, 1.165) is 22.7 Å². The summed E-state index contributed by atoms with van der Waals surface area (Å²) in [7, 11) is 0. The van der Waals surface area contributed by atoms with Crippen LogP contribution in [-0.4, -0.2) is 10.9 Å². The highest BCUT2D eigenvalue weighted by Crippen LogP contribution is 2.21. The number of nitrogens with two attached hydrogens (primary N) is 1. The normalized spacial score (nSPS) is 13.8. The fraction of sp³-hybridized carbons (Fsp3) is 0.412. The van der Waals surface area contributed by atoms with Crippen LogP contribution >= 0.6 is 36.2 Å². The summed E-state index contributed by atoms with van der Waals surface area (Å²) >= 11 is 1.63. The van der Waals surface area contributed by atoms with Gasteiger partial charge in [-0.3, -0.25) is 4.79 Å². The van der Waals surface area contributed by atoms with Gasteiger partial charge in [-0.25, -0.2) is 4.98 Å². The van der Waals surface area contributed by atoms with Crippen LogP contribution in [0.4, 0.5) is 0 Å². The molecular weight excluding hydrogens is 365 g/mol. The average Bonchev–Trinajstić information content (AvgIpc) is 3.03. The fourth-order valence-corrected chi connectivity index (χ4v) is 3.07. The quantitative estimate of drug-likeness (QED) is 0.782. The van der Waals surface area contributed by atoms with E-state index in [9.17, 15) is 4.79 Å². The Morgan fingerprint density at radius 3 is 2.42 bits per heavy atom. The number of aryl methyl sites for hydroxylation is 1. The van der Waals surface area contributed by atoms with Crippen molar-refractivity contribution in [3.63, 3.8) is 0 Å². The summed E-state index contributed by atoms with van der Waals surface area (Å²) in [5, 5.41) is 6.10. The minimum Gasteiger partial charge on any atom is -0.348 e. The van der Waals surface area contributed by atoms with Gasteiger partial charge in [0.15, 0.2) is 0 Å². The van der Waals surface area contributed by atoms with Crippen molar-refractivity contribution >= 4 is 42.1 Å². The maximum absolute atomic E-state index is 12.4. The first-order valence-electron chi connectivity index (χ1n) is 7.58. The zero-order valence-corrected chi connectivity index (χ0v) is 16.5. The molecule has 1 amide bonds. The molecule has 0 saturated carbocycles. The first-order chi connectivity index (χ1) is 10.5. The first kappa shape index (κ1) is 22.9. The number of carbonyl (C=O) groups excluding carboxylic acids is 1. The lowest BCUT2D eigenvalue weighted by Crippen LogP contribution is -2.37. The van der Waals surface area contributed by atoms with Gasteiger partial charge in [0.25, 0.3) is 0 Å². The van der Waals surface area contributed by atoms with Crippen molar-refractivity contribution in [1.29, 1.82) is 0 Å². The zero-order valence-electron chi connectivity index (χ0n) is 14.1. The summed E-state index contributed by atoms with van der Waals surface area (Å²) in [4.78, 5) is 16.9. The molecule has 0 fully saturated rings. The largest absolute Gasteiger partial charge is 0.348 e. The Labute approximate surface area is 160 Å². The van der Waals surface area contributed by atoms with Crippen molar-refractivity contribution in [1.82, 2.24) is 10.3 Å². The van der Waals surface area contributed by atoms with E-state index in [1.807, 2.05) is 49.6 Å². The number of rotatable bonds is 6. The van der Waals surface area contributed by atoms with Gasteiger partial charge < -0.3 is 11.1 Å². The first-order valence-corrected chi connectivity index (χ1v) is 8.46. The number of amides is 1. The van der Waals surface area contributed by atoms with Gasteiger partial charge in [0.1, 0.15) is 0 Å². The van der Waals surface area contributed by atoms with Gasteiger partial charge in [-0.15, -0.1) is 36.2 Å². The molecule has 4 nitrogen and oxygen atoms in total. The smallest absolute Gasteiger partial charge is 0.225 e. The third-order valence-electron chi connectivity index (χ3n) is 3.81. The molecule has 134 valence electrons. The van der Waals surface area contributed by atoms with Gasteiger partial charge in [-0.1, -0.05) is 44.2 Å². The average molecular weight is 390 g/mol. The lowest BCUT2D eigenvalue weighted by molar-refractivity contribution is -0.125. The molecule has 1 heterocycles. The summed E-state index contributed by atoms with van der Waals surface area (Å²) < 4.78 is 0. The summed E-state index contributed by atoms with van der Waals surface area (Å²) in [5.41, 5.74) is 8.09. The van der Waals surface area contributed by atoms with E-state index in [1.165, 1.54) is 0 Å². The Hall–Kier alpha value is -1.14. The second kappa shape index (κ2) is 10.7. The number of thiazole rings is 1. The topological polar surface area (TPSA) is 68.0 Å². The van der Waals surface area contributed by atoms with Crippen molar-refractivity contribution in [2.75, 3.05) is 0 Å². The molecule has 0 bridgehead atoms. The van der Waals surface area contributed by atoms with E-state index in [0.29, 0.717) is 0 Å². The maximum atomic E-state index is 12.4. The Morgan fingerprint density at radius 2 is 1.88 bits per heavy atom. The number of aromatic nitrogens is 1. The van der Waals surface area contributed by atoms with E-state index in [2.05, 4.69) is 17.2 Å². The third-order valence-corrected chi connectivity index (χ3v) is 4.82. The zero-order chi connectivity index (χ0) is 16.1. The molecule has 2 aromatic rings. The summed E-state index contributed by atoms with van der Waals surface area (Å²) in [6, 6.07) is 9.30. The molecule has 2 rings (SSSR count). The van der Waals surface area contributed by atoms with E-state index < -0.39 is 0 Å². The number of halogens is 2. The molecule has 1 aromatic heterocycles. The molecule has 0 radical (unpaired) electrons.